The molecule has 0 aromatic heterocycles. The Morgan fingerprint density at radius 3 is 1.58 bits per heavy atom. The molecule has 0 saturated carbocycles. The number of carbonyl (C=O) groups excluding carboxylic acids is 1. The van der Waals surface area contributed by atoms with Crippen LogP contribution >= 0.6 is 0 Å². The summed E-state index contributed by atoms with van der Waals surface area (Å²) in [4.78, 5) is 26.6. The fraction of sp³-hybridized carbons (Fsp3) is 0.241. The minimum absolute atomic E-state index is 0.0345. The lowest BCUT2D eigenvalue weighted by molar-refractivity contribution is -0.130. The Hall–Kier alpha value is -4.66. The van der Waals surface area contributed by atoms with Crippen LogP contribution < -0.4 is 28.4 Å². The van der Waals surface area contributed by atoms with E-state index in [-0.39, 0.29) is 23.1 Å². The molecule has 3 aromatic carbocycles. The summed E-state index contributed by atoms with van der Waals surface area (Å²) in [5.74, 6) is 0.681. The van der Waals surface area contributed by atoms with Gasteiger partial charge in [0, 0.05) is 23.6 Å². The van der Waals surface area contributed by atoms with E-state index in [0.717, 1.165) is 0 Å². The number of methoxy groups -OCH3 is 6. The minimum atomic E-state index is -1.29. The Morgan fingerprint density at radius 1 is 0.632 bits per heavy atom. The van der Waals surface area contributed by atoms with Gasteiger partial charge >= 0.3 is 5.97 Å². The maximum absolute atomic E-state index is 13.9. The van der Waals surface area contributed by atoms with Crippen molar-refractivity contribution in [2.75, 3.05) is 42.7 Å². The number of ether oxygens (including phenoxy) is 6. The molecule has 0 atom stereocenters. The predicted molar refractivity (Wildman–Crippen MR) is 141 cm³/mol. The quantitative estimate of drug-likeness (QED) is 0.267. The van der Waals surface area contributed by atoms with Gasteiger partial charge in [0.1, 0.15) is 17.2 Å². The summed E-state index contributed by atoms with van der Waals surface area (Å²) in [7, 11) is 8.88. The van der Waals surface area contributed by atoms with Crippen molar-refractivity contribution in [2.24, 2.45) is 0 Å². The molecular formula is C29H30O9. The van der Waals surface area contributed by atoms with E-state index in [0.29, 0.717) is 45.6 Å². The van der Waals surface area contributed by atoms with Crippen molar-refractivity contribution in [2.45, 2.75) is 6.42 Å². The van der Waals surface area contributed by atoms with Crippen LogP contribution in [0.2, 0.25) is 0 Å². The molecule has 0 unspecified atom stereocenters. The van der Waals surface area contributed by atoms with Crippen LogP contribution in [-0.2, 0) is 11.2 Å². The van der Waals surface area contributed by atoms with Gasteiger partial charge in [-0.2, -0.15) is 0 Å². The standard InChI is InChI=1S/C29H30O9/c1-33-20-9-7-18(8-10-20)27(30)23(11-17-12-24(36-4)28(38-6)25(13-17)37-5)26(29(31)32)19-14-21(34-2)16-22(15-19)35-3/h7-10,12-16H,11H2,1-6H3,(H,31,32)/b26-23+. The lowest BCUT2D eigenvalue weighted by Crippen LogP contribution is -2.14. The SMILES string of the molecule is COc1ccc(C(=O)/C(Cc2cc(OC)c(OC)c(OC)c2)=C(/C(=O)O)c2cc(OC)cc(OC)c2)cc1. The highest BCUT2D eigenvalue weighted by Gasteiger charge is 2.26. The molecule has 0 aliphatic rings. The average molecular weight is 523 g/mol. The van der Waals surface area contributed by atoms with Gasteiger partial charge in [0.15, 0.2) is 17.3 Å². The molecule has 200 valence electrons. The van der Waals surface area contributed by atoms with Gasteiger partial charge in [-0.3, -0.25) is 4.79 Å². The molecule has 9 nitrogen and oxygen atoms in total. The fourth-order valence-electron chi connectivity index (χ4n) is 4.02. The Labute approximate surface area is 221 Å². The Morgan fingerprint density at radius 2 is 1.16 bits per heavy atom. The van der Waals surface area contributed by atoms with Crippen molar-refractivity contribution >= 4 is 17.3 Å². The van der Waals surface area contributed by atoms with E-state index in [4.69, 9.17) is 28.4 Å². The first-order valence-corrected chi connectivity index (χ1v) is 11.5. The van der Waals surface area contributed by atoms with Gasteiger partial charge in [0.25, 0.3) is 0 Å². The number of hydrogen-bond acceptors (Lipinski definition) is 8. The zero-order valence-corrected chi connectivity index (χ0v) is 22.1. The van der Waals surface area contributed by atoms with Gasteiger partial charge in [-0.15, -0.1) is 0 Å². The van der Waals surface area contributed by atoms with E-state index < -0.39 is 11.8 Å². The Balaban J connectivity index is 2.30. The molecule has 0 aliphatic heterocycles. The number of benzene rings is 3. The molecule has 9 heteroatoms. The summed E-state index contributed by atoms with van der Waals surface area (Å²) >= 11 is 0. The maximum atomic E-state index is 13.9. The molecule has 0 bridgehead atoms. The third-order valence-electron chi connectivity index (χ3n) is 5.89. The lowest BCUT2D eigenvalue weighted by Gasteiger charge is -2.17. The molecule has 3 aromatic rings. The largest absolute Gasteiger partial charge is 0.497 e. The van der Waals surface area contributed by atoms with Crippen LogP contribution in [0.1, 0.15) is 21.5 Å². The Kier molecular flexibility index (Phi) is 9.21. The zero-order valence-electron chi connectivity index (χ0n) is 22.1. The highest BCUT2D eigenvalue weighted by Crippen LogP contribution is 2.40. The van der Waals surface area contributed by atoms with E-state index in [1.165, 1.54) is 42.7 Å². The molecular weight excluding hydrogens is 492 g/mol. The van der Waals surface area contributed by atoms with Gasteiger partial charge in [0.05, 0.1) is 48.2 Å². The van der Waals surface area contributed by atoms with E-state index in [9.17, 15) is 14.7 Å². The van der Waals surface area contributed by atoms with Gasteiger partial charge in [-0.05, 0) is 59.7 Å². The average Bonchev–Trinajstić information content (AvgIpc) is 2.95. The number of aliphatic carboxylic acids is 1. The van der Waals surface area contributed by atoms with Crippen LogP contribution in [0.25, 0.3) is 5.57 Å². The number of carbonyl (C=O) groups is 2. The molecule has 0 aliphatic carbocycles. The highest BCUT2D eigenvalue weighted by molar-refractivity contribution is 6.26. The van der Waals surface area contributed by atoms with Crippen LogP contribution in [0, 0.1) is 0 Å². The third kappa shape index (κ3) is 6.00. The van der Waals surface area contributed by atoms with E-state index in [1.54, 1.807) is 54.6 Å². The summed E-state index contributed by atoms with van der Waals surface area (Å²) in [5.41, 5.74) is 0.953. The van der Waals surface area contributed by atoms with Crippen molar-refractivity contribution in [3.63, 3.8) is 0 Å². The number of allylic oxidation sites excluding steroid dienone is 1. The number of Topliss-reactive ketones (excluding diaryl/α,β-unsaturated/α-hetero) is 1. The monoisotopic (exact) mass is 522 g/mol. The van der Waals surface area contributed by atoms with Gasteiger partial charge in [0.2, 0.25) is 5.75 Å². The minimum Gasteiger partial charge on any atom is -0.497 e. The molecule has 38 heavy (non-hydrogen) atoms. The Bertz CT molecular complexity index is 1290. The lowest BCUT2D eigenvalue weighted by atomic mass is 9.89. The molecule has 1 N–H and O–H groups in total. The summed E-state index contributed by atoms with van der Waals surface area (Å²) in [6.45, 7) is 0. The van der Waals surface area contributed by atoms with Crippen molar-refractivity contribution in [1.29, 1.82) is 0 Å². The van der Waals surface area contributed by atoms with Crippen LogP contribution in [0.3, 0.4) is 0 Å². The molecule has 0 amide bonds. The summed E-state index contributed by atoms with van der Waals surface area (Å²) in [5, 5.41) is 10.4. The van der Waals surface area contributed by atoms with E-state index in [1.807, 2.05) is 0 Å². The zero-order chi connectivity index (χ0) is 27.8. The first kappa shape index (κ1) is 27.9. The van der Waals surface area contributed by atoms with Crippen LogP contribution in [0.4, 0.5) is 0 Å². The van der Waals surface area contributed by atoms with Crippen molar-refractivity contribution in [1.82, 2.24) is 0 Å². The second kappa shape index (κ2) is 12.5. The summed E-state index contributed by atoms with van der Waals surface area (Å²) < 4.78 is 32.2. The number of rotatable bonds is 12. The first-order valence-electron chi connectivity index (χ1n) is 11.5. The third-order valence-corrected chi connectivity index (χ3v) is 5.89. The van der Waals surface area contributed by atoms with Crippen molar-refractivity contribution in [3.05, 3.63) is 76.9 Å². The number of hydrogen-bond donors (Lipinski definition) is 1. The van der Waals surface area contributed by atoms with Gasteiger partial charge in [-0.1, -0.05) is 0 Å². The molecule has 0 heterocycles. The highest BCUT2D eigenvalue weighted by atomic mass is 16.5. The molecule has 0 fully saturated rings. The molecule has 3 rings (SSSR count). The van der Waals surface area contributed by atoms with Crippen LogP contribution in [0.5, 0.6) is 34.5 Å². The number of carboxylic acids is 1. The van der Waals surface area contributed by atoms with Crippen LogP contribution in [-0.4, -0.2) is 59.5 Å². The molecule has 0 saturated heterocycles. The first-order chi connectivity index (χ1) is 18.3. The fourth-order valence-corrected chi connectivity index (χ4v) is 4.02. The van der Waals surface area contributed by atoms with Crippen molar-refractivity contribution < 1.29 is 43.1 Å². The topological polar surface area (TPSA) is 110 Å². The van der Waals surface area contributed by atoms with Crippen molar-refractivity contribution in [3.8, 4) is 34.5 Å². The van der Waals surface area contributed by atoms with E-state index in [2.05, 4.69) is 0 Å². The second-order valence-electron chi connectivity index (χ2n) is 8.03. The summed E-state index contributed by atoms with van der Waals surface area (Å²) in [6, 6.07) is 14.5. The normalized spacial score (nSPS) is 11.2. The molecule has 0 radical (unpaired) electrons. The number of carboxylic acid groups (broad SMARTS) is 1. The second-order valence-corrected chi connectivity index (χ2v) is 8.03. The molecule has 0 spiro atoms. The van der Waals surface area contributed by atoms with E-state index >= 15 is 0 Å². The summed E-state index contributed by atoms with van der Waals surface area (Å²) in [6.07, 6.45) is -0.0528. The number of ketones is 1. The maximum Gasteiger partial charge on any atom is 0.336 e. The van der Waals surface area contributed by atoms with Gasteiger partial charge < -0.3 is 33.5 Å². The van der Waals surface area contributed by atoms with Gasteiger partial charge in [-0.25, -0.2) is 4.79 Å². The smallest absolute Gasteiger partial charge is 0.336 e. The van der Waals surface area contributed by atoms with Crippen LogP contribution in [0.15, 0.2) is 60.2 Å². The predicted octanol–water partition coefficient (Wildman–Crippen LogP) is 4.70.